The summed E-state index contributed by atoms with van der Waals surface area (Å²) >= 11 is 1.52. The molecule has 1 fully saturated rings. The third-order valence-corrected chi connectivity index (χ3v) is 4.82. The van der Waals surface area contributed by atoms with Gasteiger partial charge >= 0.3 is 0 Å². The van der Waals surface area contributed by atoms with Gasteiger partial charge in [-0.1, -0.05) is 0 Å². The summed E-state index contributed by atoms with van der Waals surface area (Å²) in [5, 5.41) is 2.80. The number of nitrogens with zero attached hydrogens (tertiary/aromatic N) is 2. The van der Waals surface area contributed by atoms with E-state index in [-0.39, 0.29) is 11.7 Å². The van der Waals surface area contributed by atoms with Crippen LogP contribution in [0.15, 0.2) is 47.5 Å². The molecule has 1 N–H and O–H groups in total. The normalized spacial score (nSPS) is 14.4. The van der Waals surface area contributed by atoms with Gasteiger partial charge < -0.3 is 15.0 Å². The lowest BCUT2D eigenvalue weighted by Gasteiger charge is -2.28. The van der Waals surface area contributed by atoms with E-state index in [2.05, 4.69) is 15.2 Å². The molecule has 7 heteroatoms. The van der Waals surface area contributed by atoms with Crippen LogP contribution in [0.25, 0.3) is 0 Å². The molecule has 0 atom stereocenters. The van der Waals surface area contributed by atoms with E-state index in [1.54, 1.807) is 18.3 Å². The van der Waals surface area contributed by atoms with Crippen molar-refractivity contribution < 1.29 is 13.9 Å². The molecule has 0 unspecified atom stereocenters. The maximum Gasteiger partial charge on any atom is 0.226 e. The Morgan fingerprint density at radius 1 is 1.20 bits per heavy atom. The van der Waals surface area contributed by atoms with Gasteiger partial charge in [-0.3, -0.25) is 4.79 Å². The molecule has 1 aliphatic rings. The number of amides is 1. The maximum atomic E-state index is 12.8. The summed E-state index contributed by atoms with van der Waals surface area (Å²) in [7, 11) is 0. The van der Waals surface area contributed by atoms with Crippen molar-refractivity contribution in [2.24, 2.45) is 0 Å². The number of thioether (sulfide) groups is 1. The number of rotatable bonds is 6. The first kappa shape index (κ1) is 17.7. The Morgan fingerprint density at radius 3 is 2.64 bits per heavy atom. The van der Waals surface area contributed by atoms with Gasteiger partial charge in [-0.2, -0.15) is 0 Å². The molecule has 0 spiro atoms. The zero-order valence-corrected chi connectivity index (χ0v) is 14.6. The van der Waals surface area contributed by atoms with E-state index in [0.29, 0.717) is 18.0 Å². The molecule has 1 aromatic carbocycles. The van der Waals surface area contributed by atoms with Gasteiger partial charge in [-0.25, -0.2) is 9.37 Å². The Kier molecular flexibility index (Phi) is 6.25. The van der Waals surface area contributed by atoms with Crippen LogP contribution in [0.4, 0.5) is 15.9 Å². The Balaban J connectivity index is 1.43. The molecular weight excluding hydrogens is 341 g/mol. The zero-order valence-electron chi connectivity index (χ0n) is 13.8. The van der Waals surface area contributed by atoms with Gasteiger partial charge in [0.25, 0.3) is 0 Å². The highest BCUT2D eigenvalue weighted by Gasteiger charge is 2.11. The molecule has 0 bridgehead atoms. The van der Waals surface area contributed by atoms with Crippen molar-refractivity contribution in [2.45, 2.75) is 11.3 Å². The molecule has 1 saturated heterocycles. The first-order valence-electron chi connectivity index (χ1n) is 8.18. The number of anilines is 2. The van der Waals surface area contributed by atoms with E-state index in [9.17, 15) is 9.18 Å². The van der Waals surface area contributed by atoms with E-state index in [0.717, 1.165) is 36.9 Å². The molecule has 3 rings (SSSR count). The standard InChI is InChI=1S/C18H20FN3O2S/c19-14-1-4-16(5-2-14)25-12-7-18(23)21-17-6-3-15(13-20-17)22-8-10-24-11-9-22/h1-6,13H,7-12H2,(H,20,21,23). The molecule has 0 saturated carbocycles. The number of halogens is 1. The van der Waals surface area contributed by atoms with Gasteiger partial charge in [0, 0.05) is 30.2 Å². The van der Waals surface area contributed by atoms with E-state index < -0.39 is 0 Å². The van der Waals surface area contributed by atoms with E-state index >= 15 is 0 Å². The summed E-state index contributed by atoms with van der Waals surface area (Å²) in [6.45, 7) is 3.16. The average molecular weight is 361 g/mol. The van der Waals surface area contributed by atoms with Crippen LogP contribution in [-0.4, -0.2) is 42.9 Å². The number of benzene rings is 1. The number of aromatic nitrogens is 1. The molecule has 2 aromatic rings. The van der Waals surface area contributed by atoms with Gasteiger partial charge in [0.15, 0.2) is 0 Å². The van der Waals surface area contributed by atoms with Crippen molar-refractivity contribution in [1.29, 1.82) is 0 Å². The summed E-state index contributed by atoms with van der Waals surface area (Å²) in [4.78, 5) is 19.5. The van der Waals surface area contributed by atoms with Gasteiger partial charge in [-0.05, 0) is 36.4 Å². The average Bonchev–Trinajstić information content (AvgIpc) is 2.65. The Hall–Kier alpha value is -2.12. The Bertz CT molecular complexity index is 688. The first-order valence-corrected chi connectivity index (χ1v) is 9.16. The first-order chi connectivity index (χ1) is 12.2. The van der Waals surface area contributed by atoms with Crippen LogP contribution < -0.4 is 10.2 Å². The number of morpholine rings is 1. The van der Waals surface area contributed by atoms with Gasteiger partial charge in [0.1, 0.15) is 11.6 Å². The van der Waals surface area contributed by atoms with Crippen molar-refractivity contribution in [3.63, 3.8) is 0 Å². The Morgan fingerprint density at radius 2 is 1.96 bits per heavy atom. The highest BCUT2D eigenvalue weighted by Crippen LogP contribution is 2.20. The minimum absolute atomic E-state index is 0.0822. The van der Waals surface area contributed by atoms with Crippen molar-refractivity contribution >= 4 is 29.2 Å². The quantitative estimate of drug-likeness (QED) is 0.801. The molecule has 0 aliphatic carbocycles. The van der Waals surface area contributed by atoms with Crippen molar-refractivity contribution in [3.8, 4) is 0 Å². The molecular formula is C18H20FN3O2S. The summed E-state index contributed by atoms with van der Waals surface area (Å²) in [6, 6.07) is 10.0. The fourth-order valence-electron chi connectivity index (χ4n) is 2.47. The van der Waals surface area contributed by atoms with E-state index in [1.165, 1.54) is 23.9 Å². The molecule has 1 amide bonds. The molecule has 1 aromatic heterocycles. The van der Waals surface area contributed by atoms with Crippen LogP contribution >= 0.6 is 11.8 Å². The number of pyridine rings is 1. The van der Waals surface area contributed by atoms with Crippen LogP contribution in [-0.2, 0) is 9.53 Å². The molecule has 132 valence electrons. The smallest absolute Gasteiger partial charge is 0.226 e. The molecule has 1 aliphatic heterocycles. The van der Waals surface area contributed by atoms with Crippen LogP contribution in [0.1, 0.15) is 6.42 Å². The maximum absolute atomic E-state index is 12.8. The predicted molar refractivity (Wildman–Crippen MR) is 97.6 cm³/mol. The third-order valence-electron chi connectivity index (χ3n) is 3.80. The van der Waals surface area contributed by atoms with Crippen LogP contribution in [0, 0.1) is 5.82 Å². The zero-order chi connectivity index (χ0) is 17.5. The predicted octanol–water partition coefficient (Wildman–Crippen LogP) is 3.18. The van der Waals surface area contributed by atoms with Crippen LogP contribution in [0.5, 0.6) is 0 Å². The molecule has 2 heterocycles. The minimum Gasteiger partial charge on any atom is -0.378 e. The van der Waals surface area contributed by atoms with E-state index in [1.807, 2.05) is 12.1 Å². The molecule has 25 heavy (non-hydrogen) atoms. The largest absolute Gasteiger partial charge is 0.378 e. The highest BCUT2D eigenvalue weighted by molar-refractivity contribution is 7.99. The summed E-state index contributed by atoms with van der Waals surface area (Å²) in [6.07, 6.45) is 2.14. The summed E-state index contributed by atoms with van der Waals surface area (Å²) in [5.41, 5.74) is 1.04. The van der Waals surface area contributed by atoms with Crippen molar-refractivity contribution in [1.82, 2.24) is 4.98 Å². The summed E-state index contributed by atoms with van der Waals surface area (Å²) < 4.78 is 18.2. The summed E-state index contributed by atoms with van der Waals surface area (Å²) in [5.74, 6) is 0.840. The SMILES string of the molecule is O=C(CCSc1ccc(F)cc1)Nc1ccc(N2CCOCC2)cn1. The molecule has 0 radical (unpaired) electrons. The number of ether oxygens (including phenoxy) is 1. The monoisotopic (exact) mass is 361 g/mol. The Labute approximate surface area is 150 Å². The van der Waals surface area contributed by atoms with Crippen LogP contribution in [0.3, 0.4) is 0 Å². The number of carbonyl (C=O) groups excluding carboxylic acids is 1. The lowest BCUT2D eigenvalue weighted by Crippen LogP contribution is -2.36. The number of hydrogen-bond acceptors (Lipinski definition) is 5. The van der Waals surface area contributed by atoms with Crippen LogP contribution in [0.2, 0.25) is 0 Å². The number of nitrogens with one attached hydrogen (secondary N) is 1. The van der Waals surface area contributed by atoms with Gasteiger partial charge in [-0.15, -0.1) is 11.8 Å². The van der Waals surface area contributed by atoms with Gasteiger partial charge in [0.2, 0.25) is 5.91 Å². The topological polar surface area (TPSA) is 54.5 Å². The lowest BCUT2D eigenvalue weighted by atomic mass is 10.3. The highest BCUT2D eigenvalue weighted by atomic mass is 32.2. The van der Waals surface area contributed by atoms with Crippen molar-refractivity contribution in [3.05, 3.63) is 48.4 Å². The van der Waals surface area contributed by atoms with Gasteiger partial charge in [0.05, 0.1) is 25.1 Å². The second-order valence-electron chi connectivity index (χ2n) is 5.60. The van der Waals surface area contributed by atoms with E-state index in [4.69, 9.17) is 4.74 Å². The number of carbonyl (C=O) groups is 1. The van der Waals surface area contributed by atoms with Crippen molar-refractivity contribution in [2.75, 3.05) is 42.3 Å². The lowest BCUT2D eigenvalue weighted by molar-refractivity contribution is -0.115. The third kappa shape index (κ3) is 5.44. The second-order valence-corrected chi connectivity index (χ2v) is 6.77. The molecule has 5 nitrogen and oxygen atoms in total. The number of hydrogen-bond donors (Lipinski definition) is 1. The second kappa shape index (κ2) is 8.82. The fraction of sp³-hybridized carbons (Fsp3) is 0.333. The fourth-order valence-corrected chi connectivity index (χ4v) is 3.32. The minimum atomic E-state index is -0.256.